The number of alkyl carbamates (subject to hydrolysis) is 1. The maximum Gasteiger partial charge on any atom is 0.407 e. The zero-order valence-electron chi connectivity index (χ0n) is 52.1. The van der Waals surface area contributed by atoms with Crippen LogP contribution in [0.15, 0.2) is 188 Å². The molecule has 6 amide bonds. The Morgan fingerprint density at radius 3 is 1.49 bits per heavy atom. The molecule has 0 aliphatic heterocycles. The summed E-state index contributed by atoms with van der Waals surface area (Å²) < 4.78 is 17.9. The first-order valence-corrected chi connectivity index (χ1v) is 30.7. The normalized spacial score (nSPS) is 13.5. The molecule has 1 aliphatic rings. The topological polar surface area (TPSA) is 228 Å². The summed E-state index contributed by atoms with van der Waals surface area (Å²) >= 11 is 0. The minimum absolute atomic E-state index is 0.00190. The zero-order valence-corrected chi connectivity index (χ0v) is 52.1. The molecule has 7 aromatic carbocycles. The van der Waals surface area contributed by atoms with Gasteiger partial charge in [-0.15, -0.1) is 0 Å². The van der Waals surface area contributed by atoms with Crippen LogP contribution in [0.3, 0.4) is 0 Å². The lowest BCUT2D eigenvalue weighted by atomic mass is 9.76. The predicted octanol–water partition coefficient (Wildman–Crippen LogP) is 10.9. The minimum Gasteiger partial charge on any atom is -0.488 e. The highest BCUT2D eigenvalue weighted by Gasteiger charge is 2.37. The Morgan fingerprint density at radius 2 is 0.955 bits per heavy atom. The molecule has 7 aromatic rings. The first-order chi connectivity index (χ1) is 42.7. The van der Waals surface area contributed by atoms with E-state index in [1.807, 2.05) is 148 Å². The Labute approximate surface area is 523 Å². The number of aryl methyl sites for hydroxylation is 1. The van der Waals surface area contributed by atoms with Crippen molar-refractivity contribution in [3.05, 3.63) is 233 Å². The lowest BCUT2D eigenvalue weighted by molar-refractivity contribution is -0.158. The van der Waals surface area contributed by atoms with Gasteiger partial charge in [-0.1, -0.05) is 181 Å². The number of benzene rings is 7. The number of urea groups is 1. The minimum atomic E-state index is -1.31. The number of esters is 1. The number of nitrogens with one attached hydrogen (secondary N) is 6. The third kappa shape index (κ3) is 18.6. The second kappa shape index (κ2) is 30.6. The molecule has 1 aliphatic carbocycles. The summed E-state index contributed by atoms with van der Waals surface area (Å²) in [5.41, 5.74) is 13.1. The first kappa shape index (κ1) is 65.7. The van der Waals surface area contributed by atoms with Crippen molar-refractivity contribution >= 4 is 35.8 Å². The summed E-state index contributed by atoms with van der Waals surface area (Å²) in [6, 6.07) is 55.5. The molecular weight excluding hydrogens is 1120 g/mol. The molecule has 0 saturated carbocycles. The number of carbonyl (C=O) groups excluding carboxylic acids is 6. The monoisotopic (exact) mass is 1200 g/mol. The molecule has 89 heavy (non-hydrogen) atoms. The van der Waals surface area contributed by atoms with Gasteiger partial charge in [-0.3, -0.25) is 19.7 Å². The average Bonchev–Trinajstić information content (AvgIpc) is 1.77. The van der Waals surface area contributed by atoms with Crippen molar-refractivity contribution in [2.75, 3.05) is 19.7 Å². The molecule has 0 fully saturated rings. The fraction of sp³-hybridized carbons (Fsp3) is 0.342. The molecule has 0 radical (unpaired) electrons. The molecular formula is C73H85N7O9. The van der Waals surface area contributed by atoms with Crippen molar-refractivity contribution in [2.45, 2.75) is 140 Å². The van der Waals surface area contributed by atoms with E-state index < -0.39 is 76.7 Å². The molecule has 466 valence electrons. The van der Waals surface area contributed by atoms with Gasteiger partial charge in [0.25, 0.3) is 0 Å². The second-order valence-corrected chi connectivity index (χ2v) is 24.7. The SMILES string of the molecule is Cc1ccc(C(NCCCC[C@H](NC(=O)[C@H](CCCNC(N)=O)NC(=O)[C@H](Cc2ccccc2)NC(=O)OCC2c3ccccc3-c3ccccc32)C(=O)N[C@@H](Cc2ccc(OC(C)(C)C)cc2)C(=O)OC(C)(C)C)(c2ccccc2)c2ccccc2)cc1. The molecule has 4 atom stereocenters. The summed E-state index contributed by atoms with van der Waals surface area (Å²) in [5, 5.41) is 18.1. The highest BCUT2D eigenvalue weighted by molar-refractivity contribution is 5.95. The van der Waals surface area contributed by atoms with Crippen LogP contribution in [0.4, 0.5) is 9.59 Å². The van der Waals surface area contributed by atoms with E-state index in [1.54, 1.807) is 32.9 Å². The van der Waals surface area contributed by atoms with E-state index >= 15 is 9.59 Å². The predicted molar refractivity (Wildman–Crippen MR) is 347 cm³/mol. The number of hydrogen-bond donors (Lipinski definition) is 7. The van der Waals surface area contributed by atoms with Crippen LogP contribution < -0.4 is 42.4 Å². The van der Waals surface area contributed by atoms with Crippen LogP contribution in [-0.4, -0.2) is 90.9 Å². The van der Waals surface area contributed by atoms with Gasteiger partial charge in [0, 0.05) is 25.3 Å². The number of fused-ring (bicyclic) bond motifs is 3. The quantitative estimate of drug-likeness (QED) is 0.0139. The van der Waals surface area contributed by atoms with Gasteiger partial charge >= 0.3 is 18.1 Å². The van der Waals surface area contributed by atoms with Crippen molar-refractivity contribution in [3.8, 4) is 16.9 Å². The van der Waals surface area contributed by atoms with Crippen LogP contribution in [0.5, 0.6) is 5.75 Å². The molecule has 0 spiro atoms. The van der Waals surface area contributed by atoms with Gasteiger partial charge in [0.2, 0.25) is 17.7 Å². The van der Waals surface area contributed by atoms with Gasteiger partial charge < -0.3 is 46.5 Å². The molecule has 8 N–H and O–H groups in total. The molecule has 16 nitrogen and oxygen atoms in total. The van der Waals surface area contributed by atoms with E-state index in [9.17, 15) is 19.2 Å². The number of amides is 6. The van der Waals surface area contributed by atoms with Gasteiger partial charge in [-0.2, -0.15) is 0 Å². The van der Waals surface area contributed by atoms with Crippen LogP contribution in [0.2, 0.25) is 0 Å². The molecule has 16 heteroatoms. The van der Waals surface area contributed by atoms with Crippen molar-refractivity contribution < 1.29 is 43.0 Å². The van der Waals surface area contributed by atoms with Crippen molar-refractivity contribution in [1.82, 2.24) is 31.9 Å². The Balaban J connectivity index is 1.06. The number of primary amides is 1. The van der Waals surface area contributed by atoms with Gasteiger partial charge in [0.15, 0.2) is 0 Å². The smallest absolute Gasteiger partial charge is 0.407 e. The number of unbranched alkanes of at least 4 members (excludes halogenated alkanes) is 1. The maximum absolute atomic E-state index is 15.1. The third-order valence-corrected chi connectivity index (χ3v) is 15.5. The summed E-state index contributed by atoms with van der Waals surface area (Å²) in [6.45, 7) is 13.7. The molecule has 0 saturated heterocycles. The van der Waals surface area contributed by atoms with E-state index in [-0.39, 0.29) is 51.2 Å². The summed E-state index contributed by atoms with van der Waals surface area (Å²) in [5.74, 6) is -2.36. The van der Waals surface area contributed by atoms with Crippen molar-refractivity contribution in [1.29, 1.82) is 0 Å². The van der Waals surface area contributed by atoms with Gasteiger partial charge in [-0.05, 0) is 149 Å². The highest BCUT2D eigenvalue weighted by Crippen LogP contribution is 2.44. The van der Waals surface area contributed by atoms with Gasteiger partial charge in [0.1, 0.15) is 47.7 Å². The number of hydrogen-bond acceptors (Lipinski definition) is 10. The van der Waals surface area contributed by atoms with Crippen LogP contribution in [0.25, 0.3) is 11.1 Å². The standard InChI is InChI=1S/C73H85N7O9/c1-49-36-40-54(41-37-49)73(52-26-13-9-14-27-52,53-28-15-10-16-29-53)76-45-22-21-34-61(66(82)79-64(68(84)89-72(5,6)7)47-51-38-42-55(43-39-51)88-71(2,3)4)77-65(81)62(35-23-44-75-69(74)85)78-67(83)63(46-50-24-11-8-12-25-50)80-70(86)87-48-60-58-32-19-17-30-56(58)57-31-18-20-33-59(57)60/h8-20,24-33,36-43,60-64,76H,21-23,34-35,44-48H2,1-7H3,(H,77,81)(H,78,83)(H,79,82)(H,80,86)(H3,74,75,85)/t61-,62-,63-,64-/m0/s1. The number of rotatable bonds is 28. The molecule has 0 heterocycles. The largest absolute Gasteiger partial charge is 0.488 e. The van der Waals surface area contributed by atoms with Crippen LogP contribution in [0, 0.1) is 6.92 Å². The number of ether oxygens (including phenoxy) is 3. The van der Waals surface area contributed by atoms with Crippen LogP contribution >= 0.6 is 0 Å². The van der Waals surface area contributed by atoms with Gasteiger partial charge in [-0.25, -0.2) is 14.4 Å². The van der Waals surface area contributed by atoms with E-state index in [4.69, 9.17) is 19.9 Å². The Bertz CT molecular complexity index is 3390. The first-order valence-electron chi connectivity index (χ1n) is 30.7. The zero-order chi connectivity index (χ0) is 63.6. The van der Waals surface area contributed by atoms with E-state index in [0.29, 0.717) is 30.7 Å². The van der Waals surface area contributed by atoms with Crippen LogP contribution in [-0.2, 0) is 47.0 Å². The summed E-state index contributed by atoms with van der Waals surface area (Å²) in [7, 11) is 0. The maximum atomic E-state index is 15.1. The number of nitrogens with two attached hydrogens (primary N) is 1. The van der Waals surface area contributed by atoms with Gasteiger partial charge in [0.05, 0.1) is 5.54 Å². The van der Waals surface area contributed by atoms with E-state index in [1.165, 1.54) is 0 Å². The van der Waals surface area contributed by atoms with Crippen LogP contribution in [0.1, 0.15) is 124 Å². The lowest BCUT2D eigenvalue weighted by Crippen LogP contribution is -2.58. The molecule has 0 unspecified atom stereocenters. The average molecular weight is 1200 g/mol. The molecule has 8 rings (SSSR count). The fourth-order valence-electron chi connectivity index (χ4n) is 11.3. The second-order valence-electron chi connectivity index (χ2n) is 24.7. The summed E-state index contributed by atoms with van der Waals surface area (Å²) in [4.78, 5) is 84.9. The van der Waals surface area contributed by atoms with Crippen molar-refractivity contribution in [2.24, 2.45) is 5.73 Å². The molecule has 0 aromatic heterocycles. The Kier molecular flexibility index (Phi) is 22.6. The third-order valence-electron chi connectivity index (χ3n) is 15.5. The lowest BCUT2D eigenvalue weighted by Gasteiger charge is -2.37. The fourth-order valence-corrected chi connectivity index (χ4v) is 11.3. The van der Waals surface area contributed by atoms with E-state index in [2.05, 4.69) is 87.4 Å². The Hall–Kier alpha value is -9.28. The highest BCUT2D eigenvalue weighted by atomic mass is 16.6. The number of carbonyl (C=O) groups is 6. The Morgan fingerprint density at radius 1 is 0.483 bits per heavy atom. The van der Waals surface area contributed by atoms with E-state index in [0.717, 1.165) is 50.1 Å². The van der Waals surface area contributed by atoms with Crippen molar-refractivity contribution in [3.63, 3.8) is 0 Å². The summed E-state index contributed by atoms with van der Waals surface area (Å²) in [6.07, 6.45) is 0.460. The molecule has 0 bridgehead atoms.